The van der Waals surface area contributed by atoms with Crippen LogP contribution in [0.4, 0.5) is 5.82 Å². The molecule has 0 aliphatic rings. The molecule has 0 radical (unpaired) electrons. The van der Waals surface area contributed by atoms with Crippen molar-refractivity contribution in [1.82, 2.24) is 9.97 Å². The van der Waals surface area contributed by atoms with Crippen molar-refractivity contribution >= 4 is 33.3 Å². The third-order valence-electron chi connectivity index (χ3n) is 5.33. The number of carboxylic acids is 1. The van der Waals surface area contributed by atoms with Gasteiger partial charge in [0.15, 0.2) is 0 Å². The second kappa shape index (κ2) is 8.61. The summed E-state index contributed by atoms with van der Waals surface area (Å²) in [4.78, 5) is 20.9. The van der Waals surface area contributed by atoms with Crippen LogP contribution in [0.25, 0.3) is 32.5 Å². The first-order chi connectivity index (χ1) is 15.7. The number of nitrogens with zero attached hydrogens (tertiary/aromatic N) is 2. The molecule has 0 unspecified atom stereocenters. The number of benzene rings is 3. The Morgan fingerprint density at radius 3 is 2.25 bits per heavy atom. The Kier molecular flexibility index (Phi) is 5.35. The van der Waals surface area contributed by atoms with Crippen LogP contribution >= 0.6 is 11.3 Å². The zero-order valence-corrected chi connectivity index (χ0v) is 17.8. The number of hydrogen-bond donors (Lipinski definition) is 2. The standard InChI is InChI=1S/C26H19N3O2S/c30-26(31)21-8-6-17(7-9-21)14-27-24-23-22(15-32-25(23)29-16-28-24)20-12-10-19(11-13-20)18-4-2-1-3-5-18/h1-13,15-16H,14H2,(H,30,31)(H,27,28,29). The van der Waals surface area contributed by atoms with Crippen molar-refractivity contribution in [2.24, 2.45) is 0 Å². The number of rotatable bonds is 6. The van der Waals surface area contributed by atoms with E-state index >= 15 is 0 Å². The molecule has 5 rings (SSSR count). The fourth-order valence-corrected chi connectivity index (χ4v) is 4.56. The number of carbonyl (C=O) groups is 1. The third kappa shape index (κ3) is 3.96. The molecule has 0 aliphatic heterocycles. The number of fused-ring (bicyclic) bond motifs is 1. The second-order valence-corrected chi connectivity index (χ2v) is 8.21. The average Bonchev–Trinajstić information content (AvgIpc) is 3.28. The Labute approximate surface area is 189 Å². The summed E-state index contributed by atoms with van der Waals surface area (Å²) in [5, 5.41) is 15.6. The Morgan fingerprint density at radius 2 is 1.53 bits per heavy atom. The van der Waals surface area contributed by atoms with Gasteiger partial charge in [-0.3, -0.25) is 0 Å². The molecule has 0 fully saturated rings. The lowest BCUT2D eigenvalue weighted by Crippen LogP contribution is -2.03. The lowest BCUT2D eigenvalue weighted by Gasteiger charge is -2.09. The maximum atomic E-state index is 11.1. The van der Waals surface area contributed by atoms with Crippen molar-refractivity contribution in [2.45, 2.75) is 6.54 Å². The maximum absolute atomic E-state index is 11.1. The van der Waals surface area contributed by atoms with Crippen molar-refractivity contribution in [1.29, 1.82) is 0 Å². The highest BCUT2D eigenvalue weighted by molar-refractivity contribution is 7.17. The summed E-state index contributed by atoms with van der Waals surface area (Å²) < 4.78 is 0. The van der Waals surface area contributed by atoms with Crippen LogP contribution in [0.3, 0.4) is 0 Å². The highest BCUT2D eigenvalue weighted by atomic mass is 32.1. The second-order valence-electron chi connectivity index (χ2n) is 7.35. The fraction of sp³-hybridized carbons (Fsp3) is 0.0385. The first-order valence-electron chi connectivity index (χ1n) is 10.1. The van der Waals surface area contributed by atoms with Crippen LogP contribution in [0.5, 0.6) is 0 Å². The van der Waals surface area contributed by atoms with Gasteiger partial charge in [0, 0.05) is 17.5 Å². The summed E-state index contributed by atoms with van der Waals surface area (Å²) in [6, 6.07) is 25.7. The van der Waals surface area contributed by atoms with Crippen molar-refractivity contribution in [3.05, 3.63) is 102 Å². The molecule has 2 heterocycles. The van der Waals surface area contributed by atoms with E-state index in [4.69, 9.17) is 5.11 Å². The molecule has 5 nitrogen and oxygen atoms in total. The predicted octanol–water partition coefficient (Wildman–Crippen LogP) is 6.34. The molecule has 156 valence electrons. The molecule has 6 heteroatoms. The van der Waals surface area contributed by atoms with E-state index in [0.717, 1.165) is 32.7 Å². The Balaban J connectivity index is 1.43. The molecule has 2 aromatic heterocycles. The summed E-state index contributed by atoms with van der Waals surface area (Å²) >= 11 is 1.59. The minimum Gasteiger partial charge on any atom is -0.478 e. The van der Waals surface area contributed by atoms with Crippen LogP contribution in [-0.2, 0) is 6.54 Å². The summed E-state index contributed by atoms with van der Waals surface area (Å²) in [7, 11) is 0. The first kappa shape index (κ1) is 19.9. The molecule has 32 heavy (non-hydrogen) atoms. The van der Waals surface area contributed by atoms with E-state index < -0.39 is 5.97 Å². The van der Waals surface area contributed by atoms with E-state index in [1.54, 1.807) is 29.8 Å². The van der Waals surface area contributed by atoms with Gasteiger partial charge in [0.1, 0.15) is 17.0 Å². The topological polar surface area (TPSA) is 75.1 Å². The SMILES string of the molecule is O=C(O)c1ccc(CNc2ncnc3scc(-c4ccc(-c5ccccc5)cc4)c23)cc1. The Morgan fingerprint density at radius 1 is 0.844 bits per heavy atom. The van der Waals surface area contributed by atoms with Crippen molar-refractivity contribution < 1.29 is 9.90 Å². The molecule has 0 saturated carbocycles. The van der Waals surface area contributed by atoms with Crippen molar-refractivity contribution in [3.63, 3.8) is 0 Å². The molecule has 0 saturated heterocycles. The molecule has 0 aliphatic carbocycles. The van der Waals surface area contributed by atoms with E-state index in [1.807, 2.05) is 30.3 Å². The monoisotopic (exact) mass is 437 g/mol. The first-order valence-corrected chi connectivity index (χ1v) is 11.0. The van der Waals surface area contributed by atoms with Gasteiger partial charge in [-0.25, -0.2) is 14.8 Å². The lowest BCUT2D eigenvalue weighted by atomic mass is 10.0. The number of carboxylic acid groups (broad SMARTS) is 1. The van der Waals surface area contributed by atoms with Gasteiger partial charge in [-0.05, 0) is 34.4 Å². The van der Waals surface area contributed by atoms with Crippen LogP contribution in [-0.4, -0.2) is 21.0 Å². The van der Waals surface area contributed by atoms with Crippen LogP contribution in [0.15, 0.2) is 90.6 Å². The number of thiophene rings is 1. The van der Waals surface area contributed by atoms with Crippen LogP contribution in [0.2, 0.25) is 0 Å². The average molecular weight is 438 g/mol. The third-order valence-corrected chi connectivity index (χ3v) is 6.22. The van der Waals surface area contributed by atoms with Gasteiger partial charge in [-0.2, -0.15) is 0 Å². The number of nitrogens with one attached hydrogen (secondary N) is 1. The Bertz CT molecular complexity index is 1380. The van der Waals surface area contributed by atoms with Crippen LogP contribution < -0.4 is 5.32 Å². The van der Waals surface area contributed by atoms with Crippen LogP contribution in [0.1, 0.15) is 15.9 Å². The highest BCUT2D eigenvalue weighted by Gasteiger charge is 2.13. The largest absolute Gasteiger partial charge is 0.478 e. The number of aromatic carboxylic acids is 1. The summed E-state index contributed by atoms with van der Waals surface area (Å²) in [5.41, 5.74) is 5.82. The van der Waals surface area contributed by atoms with E-state index in [0.29, 0.717) is 6.54 Å². The zero-order valence-electron chi connectivity index (χ0n) is 17.0. The van der Waals surface area contributed by atoms with Gasteiger partial charge >= 0.3 is 5.97 Å². The quantitative estimate of drug-likeness (QED) is 0.324. The Hall–Kier alpha value is -4.03. The van der Waals surface area contributed by atoms with E-state index in [9.17, 15) is 4.79 Å². The molecular weight excluding hydrogens is 418 g/mol. The minimum atomic E-state index is -0.928. The lowest BCUT2D eigenvalue weighted by molar-refractivity contribution is 0.0697. The predicted molar refractivity (Wildman–Crippen MR) is 129 cm³/mol. The molecule has 0 spiro atoms. The van der Waals surface area contributed by atoms with Crippen LogP contribution in [0, 0.1) is 0 Å². The smallest absolute Gasteiger partial charge is 0.335 e. The maximum Gasteiger partial charge on any atom is 0.335 e. The summed E-state index contributed by atoms with van der Waals surface area (Å²) in [6.07, 6.45) is 1.57. The molecule has 0 atom stereocenters. The van der Waals surface area contributed by atoms with Crippen molar-refractivity contribution in [2.75, 3.05) is 5.32 Å². The molecule has 2 N–H and O–H groups in total. The van der Waals surface area contributed by atoms with E-state index in [2.05, 4.69) is 57.1 Å². The number of hydrogen-bond acceptors (Lipinski definition) is 5. The highest BCUT2D eigenvalue weighted by Crippen LogP contribution is 2.37. The van der Waals surface area contributed by atoms with Gasteiger partial charge in [-0.15, -0.1) is 11.3 Å². The van der Waals surface area contributed by atoms with Gasteiger partial charge in [0.25, 0.3) is 0 Å². The normalized spacial score (nSPS) is 10.9. The fourth-order valence-electron chi connectivity index (χ4n) is 3.65. The molecule has 5 aromatic rings. The van der Waals surface area contributed by atoms with Gasteiger partial charge in [-0.1, -0.05) is 66.7 Å². The van der Waals surface area contributed by atoms with Gasteiger partial charge in [0.05, 0.1) is 10.9 Å². The molecule has 0 amide bonds. The van der Waals surface area contributed by atoms with Gasteiger partial charge < -0.3 is 10.4 Å². The molecule has 0 bridgehead atoms. The van der Waals surface area contributed by atoms with Crippen molar-refractivity contribution in [3.8, 4) is 22.3 Å². The summed E-state index contributed by atoms with van der Waals surface area (Å²) in [5.74, 6) is -0.163. The zero-order chi connectivity index (χ0) is 21.9. The van der Waals surface area contributed by atoms with E-state index in [1.165, 1.54) is 11.1 Å². The summed E-state index contributed by atoms with van der Waals surface area (Å²) in [6.45, 7) is 0.536. The minimum absolute atomic E-state index is 0.275. The number of aromatic nitrogens is 2. The van der Waals surface area contributed by atoms with E-state index in [-0.39, 0.29) is 5.56 Å². The molecular formula is C26H19N3O2S. The van der Waals surface area contributed by atoms with Gasteiger partial charge in [0.2, 0.25) is 0 Å². The number of anilines is 1. The molecule has 3 aromatic carbocycles.